The van der Waals surface area contributed by atoms with Crippen LogP contribution in [0.15, 0.2) is 48.8 Å². The van der Waals surface area contributed by atoms with Crippen molar-refractivity contribution in [2.24, 2.45) is 0 Å². The molecule has 0 bridgehead atoms. The van der Waals surface area contributed by atoms with E-state index in [-0.39, 0.29) is 12.6 Å². The molecule has 0 unspecified atom stereocenters. The van der Waals surface area contributed by atoms with Gasteiger partial charge in [-0.05, 0) is 31.0 Å². The van der Waals surface area contributed by atoms with E-state index in [1.54, 1.807) is 12.4 Å². The molecule has 0 amide bonds. The highest BCUT2D eigenvalue weighted by Gasteiger charge is 2.14. The molecule has 0 aliphatic heterocycles. The SMILES string of the molecule is CC(C)N(CC(=O)O)Cc1cncc(OCc2ccccc2)c1. The normalized spacial score (nSPS) is 11.0. The number of carboxylic acid groups (broad SMARTS) is 1. The monoisotopic (exact) mass is 314 g/mol. The van der Waals surface area contributed by atoms with Crippen LogP contribution in [0, 0.1) is 0 Å². The van der Waals surface area contributed by atoms with E-state index in [0.717, 1.165) is 11.1 Å². The van der Waals surface area contributed by atoms with Gasteiger partial charge in [-0.15, -0.1) is 0 Å². The van der Waals surface area contributed by atoms with Crippen molar-refractivity contribution in [3.8, 4) is 5.75 Å². The van der Waals surface area contributed by atoms with Gasteiger partial charge in [-0.2, -0.15) is 0 Å². The first-order valence-electron chi connectivity index (χ1n) is 7.61. The summed E-state index contributed by atoms with van der Waals surface area (Å²) in [5, 5.41) is 8.99. The topological polar surface area (TPSA) is 62.7 Å². The van der Waals surface area contributed by atoms with Gasteiger partial charge in [0.1, 0.15) is 12.4 Å². The number of hydrogen-bond acceptors (Lipinski definition) is 4. The maximum Gasteiger partial charge on any atom is 0.317 e. The summed E-state index contributed by atoms with van der Waals surface area (Å²) in [5.74, 6) is -0.145. The quantitative estimate of drug-likeness (QED) is 0.811. The molecule has 0 saturated carbocycles. The first-order valence-corrected chi connectivity index (χ1v) is 7.61. The molecular weight excluding hydrogens is 292 g/mol. The fourth-order valence-electron chi connectivity index (χ4n) is 2.20. The van der Waals surface area contributed by atoms with Gasteiger partial charge in [0.25, 0.3) is 0 Å². The zero-order chi connectivity index (χ0) is 16.7. The summed E-state index contributed by atoms with van der Waals surface area (Å²) in [4.78, 5) is 17.0. The average Bonchev–Trinajstić information content (AvgIpc) is 2.53. The lowest BCUT2D eigenvalue weighted by Gasteiger charge is -2.24. The molecule has 0 atom stereocenters. The molecule has 0 saturated heterocycles. The van der Waals surface area contributed by atoms with Crippen molar-refractivity contribution >= 4 is 5.97 Å². The van der Waals surface area contributed by atoms with Gasteiger partial charge in [0.2, 0.25) is 0 Å². The number of aromatic nitrogens is 1. The number of pyridine rings is 1. The van der Waals surface area contributed by atoms with Gasteiger partial charge in [0, 0.05) is 18.8 Å². The smallest absolute Gasteiger partial charge is 0.317 e. The number of carboxylic acids is 1. The van der Waals surface area contributed by atoms with E-state index < -0.39 is 5.97 Å². The van der Waals surface area contributed by atoms with Crippen molar-refractivity contribution in [2.75, 3.05) is 6.54 Å². The molecule has 23 heavy (non-hydrogen) atoms. The van der Waals surface area contributed by atoms with Crippen molar-refractivity contribution in [1.29, 1.82) is 0 Å². The Hall–Kier alpha value is -2.40. The zero-order valence-corrected chi connectivity index (χ0v) is 13.5. The van der Waals surface area contributed by atoms with E-state index in [2.05, 4.69) is 4.98 Å². The summed E-state index contributed by atoms with van der Waals surface area (Å²) in [5.41, 5.74) is 2.03. The third-order valence-electron chi connectivity index (χ3n) is 3.47. The van der Waals surface area contributed by atoms with Crippen LogP contribution in [-0.2, 0) is 17.9 Å². The number of hydrogen-bond donors (Lipinski definition) is 1. The number of benzene rings is 1. The molecule has 0 spiro atoms. The van der Waals surface area contributed by atoms with Crippen LogP contribution < -0.4 is 4.74 Å². The Morgan fingerprint density at radius 3 is 2.61 bits per heavy atom. The first-order chi connectivity index (χ1) is 11.0. The lowest BCUT2D eigenvalue weighted by molar-refractivity contribution is -0.138. The van der Waals surface area contributed by atoms with Crippen LogP contribution in [0.5, 0.6) is 5.75 Å². The molecule has 5 nitrogen and oxygen atoms in total. The number of nitrogens with zero attached hydrogens (tertiary/aromatic N) is 2. The molecule has 1 aromatic heterocycles. The second kappa shape index (κ2) is 8.29. The fourth-order valence-corrected chi connectivity index (χ4v) is 2.20. The number of aliphatic carboxylic acids is 1. The minimum Gasteiger partial charge on any atom is -0.487 e. The molecule has 1 N–H and O–H groups in total. The van der Waals surface area contributed by atoms with Crippen LogP contribution in [0.1, 0.15) is 25.0 Å². The molecule has 0 aliphatic rings. The molecular formula is C18H22N2O3. The second-order valence-corrected chi connectivity index (χ2v) is 5.70. The molecule has 1 aromatic carbocycles. The Morgan fingerprint density at radius 1 is 1.22 bits per heavy atom. The highest BCUT2D eigenvalue weighted by Crippen LogP contribution is 2.16. The maximum absolute atomic E-state index is 10.9. The van der Waals surface area contributed by atoms with Gasteiger partial charge >= 0.3 is 5.97 Å². The molecule has 0 aliphatic carbocycles. The van der Waals surface area contributed by atoms with E-state index in [1.165, 1.54) is 0 Å². The summed E-state index contributed by atoms with van der Waals surface area (Å²) in [6.45, 7) is 4.97. The molecule has 122 valence electrons. The molecule has 0 fully saturated rings. The fraction of sp³-hybridized carbons (Fsp3) is 0.333. The van der Waals surface area contributed by atoms with Crippen LogP contribution in [0.4, 0.5) is 0 Å². The van der Waals surface area contributed by atoms with Crippen LogP contribution in [0.3, 0.4) is 0 Å². The highest BCUT2D eigenvalue weighted by molar-refractivity contribution is 5.69. The Balaban J connectivity index is 1.99. The molecule has 2 rings (SSSR count). The van der Waals surface area contributed by atoms with Gasteiger partial charge in [0.15, 0.2) is 0 Å². The summed E-state index contributed by atoms with van der Waals surface area (Å²) in [6.07, 6.45) is 3.41. The van der Waals surface area contributed by atoms with Gasteiger partial charge in [-0.3, -0.25) is 14.7 Å². The van der Waals surface area contributed by atoms with Crippen molar-refractivity contribution in [3.63, 3.8) is 0 Å². The summed E-state index contributed by atoms with van der Waals surface area (Å²) >= 11 is 0. The third kappa shape index (κ3) is 5.71. The molecule has 5 heteroatoms. The zero-order valence-electron chi connectivity index (χ0n) is 13.5. The van der Waals surface area contributed by atoms with Crippen LogP contribution in [0.25, 0.3) is 0 Å². The molecule has 2 aromatic rings. The summed E-state index contributed by atoms with van der Waals surface area (Å²) < 4.78 is 5.76. The maximum atomic E-state index is 10.9. The standard InChI is InChI=1S/C18H22N2O3/c1-14(2)20(12-18(21)22)11-16-8-17(10-19-9-16)23-13-15-6-4-3-5-7-15/h3-10,14H,11-13H2,1-2H3,(H,21,22). The summed E-state index contributed by atoms with van der Waals surface area (Å²) in [7, 11) is 0. The largest absolute Gasteiger partial charge is 0.487 e. The molecule has 1 heterocycles. The van der Waals surface area contributed by atoms with Crippen LogP contribution in [0.2, 0.25) is 0 Å². The van der Waals surface area contributed by atoms with Gasteiger partial charge < -0.3 is 9.84 Å². The van der Waals surface area contributed by atoms with Crippen molar-refractivity contribution in [1.82, 2.24) is 9.88 Å². The van der Waals surface area contributed by atoms with Gasteiger partial charge in [0.05, 0.1) is 12.7 Å². The third-order valence-corrected chi connectivity index (χ3v) is 3.47. The second-order valence-electron chi connectivity index (χ2n) is 5.70. The molecule has 0 radical (unpaired) electrons. The predicted molar refractivity (Wildman–Crippen MR) is 88.2 cm³/mol. The van der Waals surface area contributed by atoms with E-state index in [9.17, 15) is 4.79 Å². The summed E-state index contributed by atoms with van der Waals surface area (Å²) in [6, 6.07) is 12.0. The van der Waals surface area contributed by atoms with E-state index in [0.29, 0.717) is 18.9 Å². The Labute approximate surface area is 136 Å². The lowest BCUT2D eigenvalue weighted by atomic mass is 10.2. The van der Waals surface area contributed by atoms with E-state index >= 15 is 0 Å². The van der Waals surface area contributed by atoms with Crippen LogP contribution in [-0.4, -0.2) is 33.5 Å². The first kappa shape index (κ1) is 17.0. The minimum atomic E-state index is -0.830. The van der Waals surface area contributed by atoms with E-state index in [1.807, 2.05) is 55.1 Å². The average molecular weight is 314 g/mol. The van der Waals surface area contributed by atoms with Crippen molar-refractivity contribution in [3.05, 3.63) is 59.9 Å². The number of rotatable bonds is 8. The number of carbonyl (C=O) groups is 1. The number of ether oxygens (including phenoxy) is 1. The Morgan fingerprint density at radius 2 is 1.96 bits per heavy atom. The van der Waals surface area contributed by atoms with Gasteiger partial charge in [-0.1, -0.05) is 30.3 Å². The highest BCUT2D eigenvalue weighted by atomic mass is 16.5. The minimum absolute atomic E-state index is 0.00671. The van der Waals surface area contributed by atoms with E-state index in [4.69, 9.17) is 9.84 Å². The Bertz CT molecular complexity index is 629. The van der Waals surface area contributed by atoms with Crippen molar-refractivity contribution in [2.45, 2.75) is 33.0 Å². The predicted octanol–water partition coefficient (Wildman–Crippen LogP) is 2.96. The van der Waals surface area contributed by atoms with Gasteiger partial charge in [-0.25, -0.2) is 0 Å². The Kier molecular flexibility index (Phi) is 6.11. The van der Waals surface area contributed by atoms with Crippen LogP contribution >= 0.6 is 0 Å². The lowest BCUT2D eigenvalue weighted by Crippen LogP contribution is -2.35. The van der Waals surface area contributed by atoms with Crippen molar-refractivity contribution < 1.29 is 14.6 Å².